The molecule has 3 aliphatic rings. The normalized spacial score (nSPS) is 15.0. The van der Waals surface area contributed by atoms with Crippen LogP contribution in [0.3, 0.4) is 0 Å². The van der Waals surface area contributed by atoms with Gasteiger partial charge in [-0.2, -0.15) is 0 Å². The summed E-state index contributed by atoms with van der Waals surface area (Å²) in [4.78, 5) is 6.73. The zero-order valence-corrected chi connectivity index (χ0v) is 34.8. The fourth-order valence-electron chi connectivity index (χ4n) is 8.25. The molecular weight excluding hydrogens is 708 g/mol. The molecule has 5 aromatic rings. The third-order valence-electron chi connectivity index (χ3n) is 11.3. The molecule has 0 radical (unpaired) electrons. The predicted molar refractivity (Wildman–Crippen MR) is 226 cm³/mol. The molecule has 0 atom stereocenters. The van der Waals surface area contributed by atoms with Crippen LogP contribution >= 0.6 is 11.8 Å². The summed E-state index contributed by atoms with van der Waals surface area (Å²) in [5.74, 6) is -0.245. The molecule has 0 saturated carbocycles. The van der Waals surface area contributed by atoms with Gasteiger partial charge < -0.3 is 14.5 Å². The lowest BCUT2D eigenvalue weighted by Gasteiger charge is -2.47. The minimum Gasteiger partial charge on any atom is -0.406 e. The average molecular weight is 759 g/mol. The third kappa shape index (κ3) is 6.42. The number of hydrogen-bond donors (Lipinski definition) is 0. The second-order valence-electron chi connectivity index (χ2n) is 19.5. The van der Waals surface area contributed by atoms with E-state index in [1.807, 2.05) is 11.8 Å². The molecule has 3 aliphatic heterocycles. The molecule has 0 aromatic heterocycles. The highest BCUT2D eigenvalue weighted by atomic mass is 32.2. The van der Waals surface area contributed by atoms with E-state index in [-0.39, 0.29) is 34.1 Å². The summed E-state index contributed by atoms with van der Waals surface area (Å²) in [5.41, 5.74) is 12.7. The Morgan fingerprint density at radius 2 is 0.800 bits per heavy atom. The highest BCUT2D eigenvalue weighted by Gasteiger charge is 2.49. The van der Waals surface area contributed by atoms with Crippen molar-refractivity contribution in [2.24, 2.45) is 0 Å². The second kappa shape index (κ2) is 12.1. The second-order valence-corrected chi connectivity index (χ2v) is 20.6. The van der Waals surface area contributed by atoms with Gasteiger partial charge in [-0.3, -0.25) is 0 Å². The first-order valence-corrected chi connectivity index (χ1v) is 20.0. The van der Waals surface area contributed by atoms with Crippen LogP contribution in [0.4, 0.5) is 47.3 Å². The number of alkyl halides is 3. The van der Waals surface area contributed by atoms with Gasteiger partial charge in [-0.1, -0.05) is 119 Å². The quantitative estimate of drug-likeness (QED) is 0.167. The van der Waals surface area contributed by atoms with Crippen molar-refractivity contribution in [3.63, 3.8) is 0 Å². The molecule has 0 aliphatic carbocycles. The molecule has 5 aromatic carbocycles. The van der Waals surface area contributed by atoms with Gasteiger partial charge in [-0.15, -0.1) is 13.2 Å². The Balaban J connectivity index is 1.51. The molecule has 284 valence electrons. The molecule has 8 rings (SSSR count). The van der Waals surface area contributed by atoms with Gasteiger partial charge >= 0.3 is 6.36 Å². The monoisotopic (exact) mass is 758 g/mol. The van der Waals surface area contributed by atoms with Gasteiger partial charge in [0.05, 0.1) is 0 Å². The molecule has 0 fully saturated rings. The van der Waals surface area contributed by atoms with Crippen LogP contribution in [0.2, 0.25) is 0 Å². The summed E-state index contributed by atoms with van der Waals surface area (Å²) >= 11 is 1.82. The maximum Gasteiger partial charge on any atom is 0.573 e. The van der Waals surface area contributed by atoms with Crippen LogP contribution in [0, 0.1) is 0 Å². The minimum absolute atomic E-state index is 0.0673. The Labute approximate surface area is 329 Å². The van der Waals surface area contributed by atoms with E-state index in [0.717, 1.165) is 28.2 Å². The average Bonchev–Trinajstić information content (AvgIpc) is 3.05. The molecule has 0 saturated heterocycles. The van der Waals surface area contributed by atoms with Crippen molar-refractivity contribution < 1.29 is 17.9 Å². The van der Waals surface area contributed by atoms with Gasteiger partial charge in [-0.05, 0) is 109 Å². The predicted octanol–water partition coefficient (Wildman–Crippen LogP) is 12.3. The molecule has 3 heterocycles. The molecule has 0 N–H and O–H groups in total. The number of anilines is 6. The maximum absolute atomic E-state index is 14.3. The van der Waals surface area contributed by atoms with Crippen LogP contribution in [-0.4, -0.2) is 13.1 Å². The summed E-state index contributed by atoms with van der Waals surface area (Å²) in [6.45, 7) is 26.2. The van der Waals surface area contributed by atoms with E-state index < -0.39 is 6.36 Å². The van der Waals surface area contributed by atoms with Gasteiger partial charge in [0, 0.05) is 56.0 Å². The lowest BCUT2D eigenvalue weighted by Crippen LogP contribution is -2.63. The lowest BCUT2D eigenvalue weighted by atomic mass is 9.33. The van der Waals surface area contributed by atoms with Crippen LogP contribution in [0.15, 0.2) is 94.7 Å². The van der Waals surface area contributed by atoms with E-state index in [1.165, 1.54) is 43.0 Å². The highest BCUT2D eigenvalue weighted by Crippen LogP contribution is 2.52. The van der Waals surface area contributed by atoms with Crippen LogP contribution in [0.1, 0.15) is 105 Å². The standard InChI is InChI=1S/C47H50BF3N2OS/c1-43(2,3)27-13-17-31(18-14-27)52-34-21-29(45(7,8)9)23-38-41(34)48-40-36(52)25-33(54-47(49,50)51)26-37(40)53(32-19-15-28(16-20-32)44(4,5)6)35-22-30(46(10,11)12)24-39(55-38)42(35)48/h13-26H,1-12H3. The van der Waals surface area contributed by atoms with Crippen molar-refractivity contribution in [3.05, 3.63) is 107 Å². The molecule has 3 nitrogen and oxygen atoms in total. The summed E-state index contributed by atoms with van der Waals surface area (Å²) < 4.78 is 47.8. The molecule has 0 bridgehead atoms. The van der Waals surface area contributed by atoms with Crippen molar-refractivity contribution in [1.29, 1.82) is 0 Å². The Morgan fingerprint density at radius 3 is 1.13 bits per heavy atom. The Hall–Kier alpha value is -4.30. The first-order chi connectivity index (χ1) is 25.4. The number of halogens is 3. The lowest BCUT2D eigenvalue weighted by molar-refractivity contribution is -0.274. The van der Waals surface area contributed by atoms with Gasteiger partial charge in [0.15, 0.2) is 0 Å². The van der Waals surface area contributed by atoms with Gasteiger partial charge in [0.25, 0.3) is 6.71 Å². The van der Waals surface area contributed by atoms with Gasteiger partial charge in [-0.25, -0.2) is 0 Å². The summed E-state index contributed by atoms with van der Waals surface area (Å²) in [5, 5.41) is 0. The summed E-state index contributed by atoms with van der Waals surface area (Å²) in [6.07, 6.45) is -4.88. The fourth-order valence-corrected chi connectivity index (χ4v) is 9.53. The Kier molecular flexibility index (Phi) is 8.28. The van der Waals surface area contributed by atoms with E-state index in [1.54, 1.807) is 12.1 Å². The number of ether oxygens (including phenoxy) is 1. The molecule has 0 amide bonds. The fraction of sp³-hybridized carbons (Fsp3) is 0.362. The van der Waals surface area contributed by atoms with Crippen molar-refractivity contribution in [2.45, 2.75) is 121 Å². The molecule has 0 spiro atoms. The number of hydrogen-bond acceptors (Lipinski definition) is 4. The Morgan fingerprint density at radius 1 is 0.455 bits per heavy atom. The van der Waals surface area contributed by atoms with Crippen molar-refractivity contribution >= 4 is 69.0 Å². The van der Waals surface area contributed by atoms with E-state index in [2.05, 4.69) is 166 Å². The zero-order valence-electron chi connectivity index (χ0n) is 34.0. The van der Waals surface area contributed by atoms with Crippen LogP contribution in [-0.2, 0) is 21.7 Å². The molecule has 8 heteroatoms. The first kappa shape index (κ1) is 37.6. The number of nitrogens with zero attached hydrogens (tertiary/aromatic N) is 2. The van der Waals surface area contributed by atoms with E-state index in [0.29, 0.717) is 11.4 Å². The Bertz CT molecular complexity index is 2200. The van der Waals surface area contributed by atoms with Crippen LogP contribution < -0.4 is 30.9 Å². The summed E-state index contributed by atoms with van der Waals surface area (Å²) in [6, 6.07) is 29.4. The number of rotatable bonds is 3. The largest absolute Gasteiger partial charge is 0.573 e. The van der Waals surface area contributed by atoms with Gasteiger partial charge in [0.1, 0.15) is 5.75 Å². The highest BCUT2D eigenvalue weighted by molar-refractivity contribution is 8.00. The molecule has 55 heavy (non-hydrogen) atoms. The van der Waals surface area contributed by atoms with Crippen LogP contribution in [0.25, 0.3) is 0 Å². The van der Waals surface area contributed by atoms with Crippen molar-refractivity contribution in [1.82, 2.24) is 0 Å². The van der Waals surface area contributed by atoms with Crippen molar-refractivity contribution in [3.8, 4) is 5.75 Å². The first-order valence-electron chi connectivity index (χ1n) is 19.2. The molecule has 0 unspecified atom stereocenters. The smallest absolute Gasteiger partial charge is 0.406 e. The zero-order chi connectivity index (χ0) is 39.8. The maximum atomic E-state index is 14.3. The minimum atomic E-state index is -4.88. The topological polar surface area (TPSA) is 15.7 Å². The SMILES string of the molecule is CC(C)(C)c1ccc(N2c3cc(C(C)(C)C)cc4c3B3c5c(cc(C(C)(C)C)cc5N(c5ccc(C(C)(C)C)cc5)c5cc(OC(F)(F)F)cc2c53)S4)cc1. The van der Waals surface area contributed by atoms with E-state index >= 15 is 0 Å². The van der Waals surface area contributed by atoms with Crippen LogP contribution in [0.5, 0.6) is 5.75 Å². The third-order valence-corrected chi connectivity index (χ3v) is 12.5. The van der Waals surface area contributed by atoms with Gasteiger partial charge in [0.2, 0.25) is 0 Å². The van der Waals surface area contributed by atoms with E-state index in [4.69, 9.17) is 4.74 Å². The molecular formula is C47H50BF3N2OS. The van der Waals surface area contributed by atoms with Crippen molar-refractivity contribution in [2.75, 3.05) is 9.80 Å². The summed E-state index contributed by atoms with van der Waals surface area (Å²) in [7, 11) is 0. The van der Waals surface area contributed by atoms with E-state index in [9.17, 15) is 13.2 Å². The number of benzene rings is 5.